The number of fused-ring (bicyclic) bond motifs is 1. The summed E-state index contributed by atoms with van der Waals surface area (Å²) in [6.45, 7) is 0.248. The zero-order valence-electron chi connectivity index (χ0n) is 13.4. The molecule has 6 heteroatoms. The number of anilines is 1. The van der Waals surface area contributed by atoms with Gasteiger partial charge in [0, 0.05) is 23.1 Å². The van der Waals surface area contributed by atoms with Gasteiger partial charge in [-0.2, -0.15) is 0 Å². The molecule has 1 heterocycles. The van der Waals surface area contributed by atoms with E-state index in [1.807, 2.05) is 24.3 Å². The van der Waals surface area contributed by atoms with Crippen LogP contribution >= 0.6 is 0 Å². The molecule has 0 saturated heterocycles. The summed E-state index contributed by atoms with van der Waals surface area (Å²) in [6, 6.07) is 10.3. The SMILES string of the molecule is COc1cnc2c(COc3cc(N)c(F)cc3OC)cccc2c1. The summed E-state index contributed by atoms with van der Waals surface area (Å²) >= 11 is 0. The molecular formula is C18H17FN2O3. The van der Waals surface area contributed by atoms with Crippen molar-refractivity contribution < 1.29 is 18.6 Å². The van der Waals surface area contributed by atoms with E-state index in [-0.39, 0.29) is 18.0 Å². The number of ether oxygens (including phenoxy) is 3. The van der Waals surface area contributed by atoms with E-state index in [0.29, 0.717) is 11.5 Å². The van der Waals surface area contributed by atoms with E-state index in [1.54, 1.807) is 13.3 Å². The minimum atomic E-state index is -0.543. The first-order valence-electron chi connectivity index (χ1n) is 7.30. The number of methoxy groups -OCH3 is 2. The summed E-state index contributed by atoms with van der Waals surface area (Å²) < 4.78 is 29.6. The highest BCUT2D eigenvalue weighted by molar-refractivity contribution is 5.82. The van der Waals surface area contributed by atoms with Crippen LogP contribution in [0.2, 0.25) is 0 Å². The number of nitrogens with two attached hydrogens (primary N) is 1. The third-order valence-electron chi connectivity index (χ3n) is 3.67. The van der Waals surface area contributed by atoms with E-state index in [0.717, 1.165) is 16.5 Å². The molecule has 0 unspecified atom stereocenters. The van der Waals surface area contributed by atoms with Crippen molar-refractivity contribution in [3.8, 4) is 17.2 Å². The van der Waals surface area contributed by atoms with Crippen LogP contribution in [0.5, 0.6) is 17.2 Å². The Morgan fingerprint density at radius 2 is 1.92 bits per heavy atom. The quantitative estimate of drug-likeness (QED) is 0.726. The Kier molecular flexibility index (Phi) is 4.37. The van der Waals surface area contributed by atoms with Crippen molar-refractivity contribution in [1.29, 1.82) is 0 Å². The number of rotatable bonds is 5. The molecule has 0 atom stereocenters. The van der Waals surface area contributed by atoms with Crippen LogP contribution in [0.1, 0.15) is 5.56 Å². The molecule has 2 N–H and O–H groups in total. The van der Waals surface area contributed by atoms with Crippen LogP contribution in [0.3, 0.4) is 0 Å². The molecule has 0 bridgehead atoms. The van der Waals surface area contributed by atoms with Crippen LogP contribution < -0.4 is 19.9 Å². The van der Waals surface area contributed by atoms with Crippen LogP contribution in [0.25, 0.3) is 10.9 Å². The van der Waals surface area contributed by atoms with Crippen molar-refractivity contribution in [1.82, 2.24) is 4.98 Å². The highest BCUT2D eigenvalue weighted by Crippen LogP contribution is 2.32. The maximum Gasteiger partial charge on any atom is 0.163 e. The third kappa shape index (κ3) is 3.03. The topological polar surface area (TPSA) is 66.6 Å². The number of aromatic nitrogens is 1. The molecule has 124 valence electrons. The molecule has 3 rings (SSSR count). The second kappa shape index (κ2) is 6.62. The van der Waals surface area contributed by atoms with Crippen LogP contribution in [0.15, 0.2) is 42.6 Å². The van der Waals surface area contributed by atoms with Crippen molar-refractivity contribution in [2.24, 2.45) is 0 Å². The Morgan fingerprint density at radius 1 is 1.08 bits per heavy atom. The molecule has 0 spiro atoms. The van der Waals surface area contributed by atoms with E-state index in [2.05, 4.69) is 4.98 Å². The zero-order valence-corrected chi connectivity index (χ0v) is 13.4. The van der Waals surface area contributed by atoms with Crippen LogP contribution in [0, 0.1) is 5.82 Å². The van der Waals surface area contributed by atoms with E-state index in [1.165, 1.54) is 19.2 Å². The van der Waals surface area contributed by atoms with Gasteiger partial charge in [0.25, 0.3) is 0 Å². The lowest BCUT2D eigenvalue weighted by molar-refractivity contribution is 0.284. The van der Waals surface area contributed by atoms with Crippen molar-refractivity contribution in [3.63, 3.8) is 0 Å². The summed E-state index contributed by atoms with van der Waals surface area (Å²) in [5.74, 6) is 0.810. The second-order valence-corrected chi connectivity index (χ2v) is 5.18. The van der Waals surface area contributed by atoms with Gasteiger partial charge in [-0.25, -0.2) is 4.39 Å². The van der Waals surface area contributed by atoms with Gasteiger partial charge < -0.3 is 19.9 Å². The van der Waals surface area contributed by atoms with Crippen molar-refractivity contribution >= 4 is 16.6 Å². The normalized spacial score (nSPS) is 10.6. The van der Waals surface area contributed by atoms with Gasteiger partial charge in [0.1, 0.15) is 18.2 Å². The molecule has 2 aromatic carbocycles. The van der Waals surface area contributed by atoms with Crippen LogP contribution in [-0.4, -0.2) is 19.2 Å². The fraction of sp³-hybridized carbons (Fsp3) is 0.167. The summed E-state index contributed by atoms with van der Waals surface area (Å²) in [5, 5.41) is 0.945. The summed E-state index contributed by atoms with van der Waals surface area (Å²) in [5.41, 5.74) is 7.31. The van der Waals surface area contributed by atoms with Gasteiger partial charge in [0.05, 0.1) is 31.6 Å². The van der Waals surface area contributed by atoms with Gasteiger partial charge in [-0.3, -0.25) is 4.98 Å². The van der Waals surface area contributed by atoms with E-state index in [9.17, 15) is 4.39 Å². The van der Waals surface area contributed by atoms with Gasteiger partial charge >= 0.3 is 0 Å². The van der Waals surface area contributed by atoms with Crippen molar-refractivity contribution in [2.75, 3.05) is 20.0 Å². The minimum absolute atomic E-state index is 0.00609. The molecular weight excluding hydrogens is 311 g/mol. The number of pyridine rings is 1. The van der Waals surface area contributed by atoms with Crippen molar-refractivity contribution in [2.45, 2.75) is 6.61 Å². The smallest absolute Gasteiger partial charge is 0.163 e. The van der Waals surface area contributed by atoms with Crippen LogP contribution in [0.4, 0.5) is 10.1 Å². The van der Waals surface area contributed by atoms with Crippen LogP contribution in [-0.2, 0) is 6.61 Å². The number of nitrogen functional groups attached to an aromatic ring is 1. The van der Waals surface area contributed by atoms with Crippen molar-refractivity contribution in [3.05, 3.63) is 54.0 Å². The standard InChI is InChI=1S/C18H17FN2O3/c1-22-13-6-11-4-3-5-12(18(11)21-9-13)10-24-17-8-15(20)14(19)7-16(17)23-2/h3-9H,10,20H2,1-2H3. The first kappa shape index (κ1) is 15.9. The molecule has 0 radical (unpaired) electrons. The Balaban J connectivity index is 1.90. The molecule has 0 amide bonds. The molecule has 1 aromatic heterocycles. The number of benzene rings is 2. The highest BCUT2D eigenvalue weighted by Gasteiger charge is 2.11. The lowest BCUT2D eigenvalue weighted by Gasteiger charge is -2.13. The Morgan fingerprint density at radius 3 is 2.67 bits per heavy atom. The average Bonchev–Trinajstić information content (AvgIpc) is 2.61. The lowest BCUT2D eigenvalue weighted by atomic mass is 10.1. The molecule has 0 aliphatic carbocycles. The molecule has 24 heavy (non-hydrogen) atoms. The second-order valence-electron chi connectivity index (χ2n) is 5.18. The molecule has 0 fully saturated rings. The van der Waals surface area contributed by atoms with E-state index < -0.39 is 5.82 Å². The summed E-state index contributed by atoms with van der Waals surface area (Å²) in [4.78, 5) is 4.42. The summed E-state index contributed by atoms with van der Waals surface area (Å²) in [7, 11) is 3.05. The molecule has 0 aliphatic heterocycles. The first-order chi connectivity index (χ1) is 11.6. The fourth-order valence-corrected chi connectivity index (χ4v) is 2.41. The van der Waals surface area contributed by atoms with Gasteiger partial charge in [-0.1, -0.05) is 18.2 Å². The number of nitrogens with zero attached hydrogens (tertiary/aromatic N) is 1. The number of halogens is 1. The maximum absolute atomic E-state index is 13.5. The van der Waals surface area contributed by atoms with E-state index >= 15 is 0 Å². The highest BCUT2D eigenvalue weighted by atomic mass is 19.1. The number of para-hydroxylation sites is 1. The number of hydrogen-bond acceptors (Lipinski definition) is 5. The van der Waals surface area contributed by atoms with E-state index in [4.69, 9.17) is 19.9 Å². The van der Waals surface area contributed by atoms with Gasteiger partial charge in [0.2, 0.25) is 0 Å². The molecule has 0 saturated carbocycles. The first-order valence-corrected chi connectivity index (χ1v) is 7.30. The minimum Gasteiger partial charge on any atom is -0.495 e. The lowest BCUT2D eigenvalue weighted by Crippen LogP contribution is -2.01. The van der Waals surface area contributed by atoms with Gasteiger partial charge in [-0.15, -0.1) is 0 Å². The molecule has 3 aromatic rings. The van der Waals surface area contributed by atoms with Gasteiger partial charge in [-0.05, 0) is 6.07 Å². The Labute approximate surface area is 138 Å². The Bertz CT molecular complexity index is 884. The molecule has 5 nitrogen and oxygen atoms in total. The third-order valence-corrected chi connectivity index (χ3v) is 3.67. The van der Waals surface area contributed by atoms with Gasteiger partial charge in [0.15, 0.2) is 11.5 Å². The Hall–Kier alpha value is -3.02. The predicted octanol–water partition coefficient (Wildman–Crippen LogP) is 3.55. The largest absolute Gasteiger partial charge is 0.495 e. The monoisotopic (exact) mass is 328 g/mol. The fourth-order valence-electron chi connectivity index (χ4n) is 2.41. The average molecular weight is 328 g/mol. The predicted molar refractivity (Wildman–Crippen MR) is 90.0 cm³/mol. The summed E-state index contributed by atoms with van der Waals surface area (Å²) in [6.07, 6.45) is 1.66. The number of hydrogen-bond donors (Lipinski definition) is 1. The maximum atomic E-state index is 13.5. The molecule has 0 aliphatic rings. The zero-order chi connectivity index (χ0) is 17.1.